The van der Waals surface area contributed by atoms with E-state index in [1.54, 1.807) is 6.92 Å². The number of rotatable bonds is 4. The Bertz CT molecular complexity index is 771. The van der Waals surface area contributed by atoms with Gasteiger partial charge in [-0.3, -0.25) is 4.99 Å². The molecule has 2 rings (SSSR count). The van der Waals surface area contributed by atoms with Gasteiger partial charge in [-0.2, -0.15) is 13.2 Å². The number of nitrogens with zero attached hydrogens (tertiary/aromatic N) is 1. The van der Waals surface area contributed by atoms with E-state index in [-0.39, 0.29) is 17.9 Å². The third-order valence-electron chi connectivity index (χ3n) is 3.12. The molecule has 0 heterocycles. The van der Waals surface area contributed by atoms with E-state index in [9.17, 15) is 18.0 Å². The van der Waals surface area contributed by atoms with Gasteiger partial charge in [0.15, 0.2) is 0 Å². The van der Waals surface area contributed by atoms with Crippen LogP contribution in [0, 0.1) is 0 Å². The van der Waals surface area contributed by atoms with E-state index in [1.807, 2.05) is 0 Å². The van der Waals surface area contributed by atoms with Crippen LogP contribution in [0.2, 0.25) is 0 Å². The molecule has 126 valence electrons. The average molecular weight is 336 g/mol. The molecule has 0 aromatic heterocycles. The zero-order valence-electron chi connectivity index (χ0n) is 12.8. The minimum Gasteiger partial charge on any atom is -0.462 e. The monoisotopic (exact) mass is 336 g/mol. The van der Waals surface area contributed by atoms with Crippen LogP contribution in [0.4, 0.5) is 24.5 Å². The van der Waals surface area contributed by atoms with Crippen molar-refractivity contribution in [3.05, 3.63) is 59.2 Å². The molecule has 0 atom stereocenters. The summed E-state index contributed by atoms with van der Waals surface area (Å²) in [6, 6.07) is 9.11. The van der Waals surface area contributed by atoms with Gasteiger partial charge in [-0.25, -0.2) is 4.79 Å². The van der Waals surface area contributed by atoms with Gasteiger partial charge >= 0.3 is 12.1 Å². The summed E-state index contributed by atoms with van der Waals surface area (Å²) in [6.07, 6.45) is -3.12. The summed E-state index contributed by atoms with van der Waals surface area (Å²) in [5, 5.41) is 0. The van der Waals surface area contributed by atoms with Gasteiger partial charge in [-0.05, 0) is 43.3 Å². The first-order chi connectivity index (χ1) is 11.3. The van der Waals surface area contributed by atoms with Crippen LogP contribution < -0.4 is 5.73 Å². The van der Waals surface area contributed by atoms with Crippen molar-refractivity contribution in [3.63, 3.8) is 0 Å². The van der Waals surface area contributed by atoms with Crippen LogP contribution >= 0.6 is 0 Å². The second-order valence-electron chi connectivity index (χ2n) is 4.87. The van der Waals surface area contributed by atoms with Gasteiger partial charge in [0.05, 0.1) is 23.4 Å². The number of carbonyl (C=O) groups excluding carboxylic acids is 1. The molecule has 24 heavy (non-hydrogen) atoms. The SMILES string of the molecule is CCOC(=O)c1ccc(N)c(C=Nc2cccc(C(F)(F)F)c2)c1. The molecule has 0 saturated heterocycles. The highest BCUT2D eigenvalue weighted by Crippen LogP contribution is 2.31. The number of nitrogens with two attached hydrogens (primary N) is 1. The van der Waals surface area contributed by atoms with E-state index in [1.165, 1.54) is 36.5 Å². The molecule has 2 aromatic rings. The van der Waals surface area contributed by atoms with Crippen molar-refractivity contribution in [2.75, 3.05) is 12.3 Å². The summed E-state index contributed by atoms with van der Waals surface area (Å²) < 4.78 is 42.9. The van der Waals surface area contributed by atoms with E-state index in [4.69, 9.17) is 10.5 Å². The summed E-state index contributed by atoms with van der Waals surface area (Å²) in [5.74, 6) is -0.508. The van der Waals surface area contributed by atoms with Crippen molar-refractivity contribution in [1.29, 1.82) is 0 Å². The standard InChI is InChI=1S/C17H15F3N2O2/c1-2-24-16(23)11-6-7-15(21)12(8-11)10-22-14-5-3-4-13(9-14)17(18,19)20/h3-10H,2,21H2,1H3. The number of anilines is 1. The molecule has 0 spiro atoms. The minimum atomic E-state index is -4.44. The number of esters is 1. The van der Waals surface area contributed by atoms with Crippen molar-refractivity contribution < 1.29 is 22.7 Å². The number of ether oxygens (including phenoxy) is 1. The Morgan fingerprint density at radius 1 is 1.25 bits per heavy atom. The Labute approximate surface area is 136 Å². The third-order valence-corrected chi connectivity index (χ3v) is 3.12. The van der Waals surface area contributed by atoms with Gasteiger partial charge in [-0.1, -0.05) is 6.07 Å². The smallest absolute Gasteiger partial charge is 0.416 e. The number of hydrogen-bond donors (Lipinski definition) is 1. The third kappa shape index (κ3) is 4.34. The topological polar surface area (TPSA) is 64.7 Å². The second kappa shape index (κ2) is 7.16. The summed E-state index contributed by atoms with van der Waals surface area (Å²) >= 11 is 0. The van der Waals surface area contributed by atoms with Crippen LogP contribution in [0.25, 0.3) is 0 Å². The van der Waals surface area contributed by atoms with E-state index in [0.29, 0.717) is 11.3 Å². The first-order valence-electron chi connectivity index (χ1n) is 7.09. The van der Waals surface area contributed by atoms with Crippen LogP contribution in [0.1, 0.15) is 28.4 Å². The lowest BCUT2D eigenvalue weighted by Crippen LogP contribution is -2.06. The van der Waals surface area contributed by atoms with Crippen LogP contribution in [0.5, 0.6) is 0 Å². The molecule has 0 unspecified atom stereocenters. The van der Waals surface area contributed by atoms with Gasteiger partial charge in [0.1, 0.15) is 0 Å². The maximum atomic E-state index is 12.7. The van der Waals surface area contributed by atoms with Crippen LogP contribution in [-0.2, 0) is 10.9 Å². The first-order valence-corrected chi connectivity index (χ1v) is 7.09. The lowest BCUT2D eigenvalue weighted by Gasteiger charge is -2.07. The molecule has 2 aromatic carbocycles. The lowest BCUT2D eigenvalue weighted by molar-refractivity contribution is -0.137. The molecule has 0 radical (unpaired) electrons. The summed E-state index contributed by atoms with van der Waals surface area (Å²) in [4.78, 5) is 15.7. The number of halogens is 3. The first kappa shape index (κ1) is 17.5. The Morgan fingerprint density at radius 3 is 2.67 bits per heavy atom. The molecule has 0 aliphatic rings. The molecule has 7 heteroatoms. The molecule has 0 aliphatic carbocycles. The molecular formula is C17H15F3N2O2. The van der Waals surface area contributed by atoms with Gasteiger partial charge in [-0.15, -0.1) is 0 Å². The fourth-order valence-corrected chi connectivity index (χ4v) is 1.93. The van der Waals surface area contributed by atoms with Gasteiger partial charge in [0.2, 0.25) is 0 Å². The Hall–Kier alpha value is -2.83. The maximum Gasteiger partial charge on any atom is 0.416 e. The van der Waals surface area contributed by atoms with Crippen molar-refractivity contribution in [3.8, 4) is 0 Å². The molecule has 4 nitrogen and oxygen atoms in total. The summed E-state index contributed by atoms with van der Waals surface area (Å²) in [5.41, 5.74) is 6.20. The quantitative estimate of drug-likeness (QED) is 0.517. The predicted molar refractivity (Wildman–Crippen MR) is 85.5 cm³/mol. The van der Waals surface area contributed by atoms with Gasteiger partial charge in [0.25, 0.3) is 0 Å². The van der Waals surface area contributed by atoms with Crippen molar-refractivity contribution >= 4 is 23.6 Å². The average Bonchev–Trinajstić information content (AvgIpc) is 2.54. The van der Waals surface area contributed by atoms with Gasteiger partial charge < -0.3 is 10.5 Å². The zero-order valence-corrected chi connectivity index (χ0v) is 12.8. The zero-order chi connectivity index (χ0) is 17.7. The number of carbonyl (C=O) groups is 1. The predicted octanol–water partition coefficient (Wildman–Crippen LogP) is 4.21. The van der Waals surface area contributed by atoms with Gasteiger partial charge in [0, 0.05) is 17.5 Å². The van der Waals surface area contributed by atoms with E-state index >= 15 is 0 Å². The van der Waals surface area contributed by atoms with Crippen molar-refractivity contribution in [2.45, 2.75) is 13.1 Å². The Balaban J connectivity index is 2.29. The number of nitrogen functional groups attached to an aromatic ring is 1. The molecule has 0 amide bonds. The van der Waals surface area contributed by atoms with E-state index in [2.05, 4.69) is 4.99 Å². The lowest BCUT2D eigenvalue weighted by atomic mass is 10.1. The number of hydrogen-bond acceptors (Lipinski definition) is 4. The van der Waals surface area contributed by atoms with E-state index in [0.717, 1.165) is 12.1 Å². The van der Waals surface area contributed by atoms with E-state index < -0.39 is 17.7 Å². The number of aliphatic imine (C=N–C) groups is 1. The van der Waals surface area contributed by atoms with Crippen molar-refractivity contribution in [1.82, 2.24) is 0 Å². The molecule has 0 fully saturated rings. The Morgan fingerprint density at radius 2 is 2.00 bits per heavy atom. The van der Waals surface area contributed by atoms with Crippen LogP contribution in [0.15, 0.2) is 47.5 Å². The highest BCUT2D eigenvalue weighted by Gasteiger charge is 2.30. The molecule has 2 N–H and O–H groups in total. The number of benzene rings is 2. The maximum absolute atomic E-state index is 12.7. The second-order valence-corrected chi connectivity index (χ2v) is 4.87. The fraction of sp³-hybridized carbons (Fsp3) is 0.176. The van der Waals surface area contributed by atoms with Crippen LogP contribution in [-0.4, -0.2) is 18.8 Å². The highest BCUT2D eigenvalue weighted by atomic mass is 19.4. The summed E-state index contributed by atoms with van der Waals surface area (Å²) in [7, 11) is 0. The molecular weight excluding hydrogens is 321 g/mol. The van der Waals surface area contributed by atoms with Crippen molar-refractivity contribution in [2.24, 2.45) is 4.99 Å². The Kier molecular flexibility index (Phi) is 5.23. The largest absolute Gasteiger partial charge is 0.462 e. The molecule has 0 bridgehead atoms. The normalized spacial score (nSPS) is 11.7. The fourth-order valence-electron chi connectivity index (χ4n) is 1.93. The molecule has 0 aliphatic heterocycles. The highest BCUT2D eigenvalue weighted by molar-refractivity contribution is 5.95. The number of alkyl halides is 3. The van der Waals surface area contributed by atoms with Crippen LogP contribution in [0.3, 0.4) is 0 Å². The minimum absolute atomic E-state index is 0.130. The summed E-state index contributed by atoms with van der Waals surface area (Å²) in [6.45, 7) is 1.92. The molecule has 0 saturated carbocycles.